The number of nitrogens with one attached hydrogen (secondary N) is 1. The maximum absolute atomic E-state index is 12.0. The smallest absolute Gasteiger partial charge is 0.318 e. The minimum Gasteiger partial charge on any atom is -0.327 e. The molecule has 0 aliphatic carbocycles. The number of terminal acetylenes is 1. The number of pyridine rings is 1. The van der Waals surface area contributed by atoms with Crippen molar-refractivity contribution in [1.82, 2.24) is 15.2 Å². The molecular formula is C18H19N3O. The van der Waals surface area contributed by atoms with E-state index in [1.54, 1.807) is 24.3 Å². The Morgan fingerprint density at radius 2 is 2.05 bits per heavy atom. The van der Waals surface area contributed by atoms with Crippen molar-refractivity contribution in [2.45, 2.75) is 13.0 Å². The summed E-state index contributed by atoms with van der Waals surface area (Å²) in [5.74, 6) is 2.40. The van der Waals surface area contributed by atoms with Gasteiger partial charge < -0.3 is 10.2 Å². The first-order chi connectivity index (χ1) is 10.6. The van der Waals surface area contributed by atoms with Crippen LogP contribution in [0.1, 0.15) is 18.5 Å². The van der Waals surface area contributed by atoms with Gasteiger partial charge in [0.1, 0.15) is 0 Å². The van der Waals surface area contributed by atoms with Crippen LogP contribution in [0.25, 0.3) is 11.1 Å². The number of carbonyl (C=O) groups excluding carboxylic acids is 1. The molecule has 2 aromatic rings. The molecule has 0 fully saturated rings. The number of nitrogens with zero attached hydrogens (tertiary/aromatic N) is 2. The summed E-state index contributed by atoms with van der Waals surface area (Å²) in [4.78, 5) is 17.7. The van der Waals surface area contributed by atoms with Crippen LogP contribution >= 0.6 is 0 Å². The van der Waals surface area contributed by atoms with E-state index >= 15 is 0 Å². The maximum Gasteiger partial charge on any atom is 0.318 e. The van der Waals surface area contributed by atoms with E-state index in [9.17, 15) is 4.79 Å². The summed E-state index contributed by atoms with van der Waals surface area (Å²) in [7, 11) is 1.76. The quantitative estimate of drug-likeness (QED) is 0.880. The fourth-order valence-corrected chi connectivity index (χ4v) is 2.17. The van der Waals surface area contributed by atoms with E-state index < -0.39 is 0 Å². The van der Waals surface area contributed by atoms with Crippen LogP contribution in [0, 0.1) is 12.3 Å². The molecule has 1 aromatic heterocycles. The van der Waals surface area contributed by atoms with Crippen LogP contribution in [-0.4, -0.2) is 29.5 Å². The summed E-state index contributed by atoms with van der Waals surface area (Å²) < 4.78 is 0. The lowest BCUT2D eigenvalue weighted by atomic mass is 10.0. The van der Waals surface area contributed by atoms with E-state index in [1.807, 2.05) is 37.3 Å². The third kappa shape index (κ3) is 3.64. The molecule has 0 spiro atoms. The average molecular weight is 293 g/mol. The van der Waals surface area contributed by atoms with Gasteiger partial charge in [0.25, 0.3) is 0 Å². The van der Waals surface area contributed by atoms with Gasteiger partial charge in [0, 0.05) is 19.4 Å². The predicted molar refractivity (Wildman–Crippen MR) is 88.1 cm³/mol. The van der Waals surface area contributed by atoms with Crippen molar-refractivity contribution >= 4 is 6.03 Å². The van der Waals surface area contributed by atoms with Gasteiger partial charge >= 0.3 is 6.03 Å². The molecule has 1 N–H and O–H groups in total. The molecule has 2 amide bonds. The van der Waals surface area contributed by atoms with Crippen LogP contribution < -0.4 is 5.32 Å². The predicted octanol–water partition coefficient (Wildman–Crippen LogP) is 3.08. The largest absolute Gasteiger partial charge is 0.327 e. The topological polar surface area (TPSA) is 45.2 Å². The monoisotopic (exact) mass is 293 g/mol. The lowest BCUT2D eigenvalue weighted by Gasteiger charge is -2.25. The highest BCUT2D eigenvalue weighted by molar-refractivity contribution is 5.75. The highest BCUT2D eigenvalue weighted by Crippen LogP contribution is 2.25. The van der Waals surface area contributed by atoms with Gasteiger partial charge in [-0.2, -0.15) is 0 Å². The second kappa shape index (κ2) is 7.28. The van der Waals surface area contributed by atoms with E-state index in [4.69, 9.17) is 6.42 Å². The number of urea groups is 1. The maximum atomic E-state index is 12.0. The van der Waals surface area contributed by atoms with Crippen LogP contribution in [-0.2, 0) is 0 Å². The van der Waals surface area contributed by atoms with Crippen molar-refractivity contribution in [3.05, 3.63) is 54.4 Å². The number of aromatic nitrogens is 1. The Balaban J connectivity index is 2.19. The van der Waals surface area contributed by atoms with E-state index in [1.165, 1.54) is 0 Å². The number of hydrogen-bond acceptors (Lipinski definition) is 2. The average Bonchev–Trinajstić information content (AvgIpc) is 2.59. The molecular weight excluding hydrogens is 274 g/mol. The summed E-state index contributed by atoms with van der Waals surface area (Å²) in [6.07, 6.45) is 8.70. The van der Waals surface area contributed by atoms with E-state index in [0.717, 1.165) is 16.7 Å². The van der Waals surface area contributed by atoms with Gasteiger partial charge in [-0.15, -0.1) is 6.42 Å². The Morgan fingerprint density at radius 1 is 1.32 bits per heavy atom. The normalized spacial score (nSPS) is 11.3. The summed E-state index contributed by atoms with van der Waals surface area (Å²) in [5, 5.41) is 2.67. The van der Waals surface area contributed by atoms with Crippen molar-refractivity contribution in [3.8, 4) is 23.5 Å². The van der Waals surface area contributed by atoms with Crippen molar-refractivity contribution in [2.75, 3.05) is 13.6 Å². The standard InChI is InChI=1S/C18H19N3O/c1-4-10-20-18(22)21(3)14(2)16-6-5-7-17(13-16)15-8-11-19-12-9-15/h1,5-9,11-14H,10H2,2-3H3,(H,20,22). The van der Waals surface area contributed by atoms with Gasteiger partial charge in [-0.25, -0.2) is 4.79 Å². The molecule has 0 radical (unpaired) electrons. The van der Waals surface area contributed by atoms with Crippen LogP contribution in [0.2, 0.25) is 0 Å². The van der Waals surface area contributed by atoms with Gasteiger partial charge in [0.2, 0.25) is 0 Å². The Labute approximate surface area is 131 Å². The molecule has 0 saturated heterocycles. The van der Waals surface area contributed by atoms with Gasteiger partial charge in [0.05, 0.1) is 12.6 Å². The molecule has 0 bridgehead atoms. The Hall–Kier alpha value is -2.80. The number of benzene rings is 1. The first-order valence-electron chi connectivity index (χ1n) is 7.08. The van der Waals surface area contributed by atoms with Crippen molar-refractivity contribution < 1.29 is 4.79 Å². The summed E-state index contributed by atoms with van der Waals surface area (Å²) in [6.45, 7) is 2.22. The zero-order chi connectivity index (χ0) is 15.9. The number of hydrogen-bond donors (Lipinski definition) is 1. The third-order valence-corrected chi connectivity index (χ3v) is 3.63. The molecule has 22 heavy (non-hydrogen) atoms. The molecule has 0 aliphatic heterocycles. The molecule has 112 valence electrons. The summed E-state index contributed by atoms with van der Waals surface area (Å²) >= 11 is 0. The summed E-state index contributed by atoms with van der Waals surface area (Å²) in [5.41, 5.74) is 3.26. The van der Waals surface area contributed by atoms with Gasteiger partial charge in [-0.1, -0.05) is 24.1 Å². The van der Waals surface area contributed by atoms with Gasteiger partial charge in [-0.05, 0) is 41.8 Å². The Morgan fingerprint density at radius 3 is 2.73 bits per heavy atom. The van der Waals surface area contributed by atoms with Crippen LogP contribution in [0.3, 0.4) is 0 Å². The molecule has 1 heterocycles. The van der Waals surface area contributed by atoms with E-state index in [-0.39, 0.29) is 18.6 Å². The molecule has 1 unspecified atom stereocenters. The molecule has 4 heteroatoms. The highest BCUT2D eigenvalue weighted by atomic mass is 16.2. The lowest BCUT2D eigenvalue weighted by molar-refractivity contribution is 0.196. The first kappa shape index (κ1) is 15.6. The molecule has 2 rings (SSSR count). The zero-order valence-corrected chi connectivity index (χ0v) is 12.8. The second-order valence-corrected chi connectivity index (χ2v) is 5.01. The third-order valence-electron chi connectivity index (χ3n) is 3.63. The SMILES string of the molecule is C#CCNC(=O)N(C)C(C)c1cccc(-c2ccncc2)c1. The first-order valence-corrected chi connectivity index (χ1v) is 7.08. The fourth-order valence-electron chi connectivity index (χ4n) is 2.17. The number of amides is 2. The molecule has 1 atom stereocenters. The van der Waals surface area contributed by atoms with E-state index in [2.05, 4.69) is 22.3 Å². The van der Waals surface area contributed by atoms with E-state index in [0.29, 0.717) is 0 Å². The Bertz CT molecular complexity index is 676. The van der Waals surface area contributed by atoms with Crippen molar-refractivity contribution in [2.24, 2.45) is 0 Å². The number of carbonyl (C=O) groups is 1. The van der Waals surface area contributed by atoms with Gasteiger partial charge in [0.15, 0.2) is 0 Å². The zero-order valence-electron chi connectivity index (χ0n) is 12.8. The minimum atomic E-state index is -0.181. The van der Waals surface area contributed by atoms with Crippen molar-refractivity contribution in [3.63, 3.8) is 0 Å². The lowest BCUT2D eigenvalue weighted by Crippen LogP contribution is -2.38. The van der Waals surface area contributed by atoms with Crippen LogP contribution in [0.5, 0.6) is 0 Å². The van der Waals surface area contributed by atoms with Crippen LogP contribution in [0.15, 0.2) is 48.8 Å². The second-order valence-electron chi connectivity index (χ2n) is 5.01. The van der Waals surface area contributed by atoms with Gasteiger partial charge in [-0.3, -0.25) is 4.98 Å². The molecule has 0 saturated carbocycles. The highest BCUT2D eigenvalue weighted by Gasteiger charge is 2.17. The Kier molecular flexibility index (Phi) is 5.16. The molecule has 0 aliphatic rings. The molecule has 1 aromatic carbocycles. The fraction of sp³-hybridized carbons (Fsp3) is 0.222. The minimum absolute atomic E-state index is 0.0560. The van der Waals surface area contributed by atoms with Crippen LogP contribution in [0.4, 0.5) is 4.79 Å². The number of rotatable bonds is 4. The van der Waals surface area contributed by atoms with Crippen molar-refractivity contribution in [1.29, 1.82) is 0 Å². The summed E-state index contributed by atoms with van der Waals surface area (Å²) in [6, 6.07) is 11.8. The molecule has 4 nitrogen and oxygen atoms in total.